The third-order valence-corrected chi connectivity index (χ3v) is 3.35. The summed E-state index contributed by atoms with van der Waals surface area (Å²) in [5.74, 6) is -1.29. The molecule has 0 saturated carbocycles. The van der Waals surface area contributed by atoms with Crippen molar-refractivity contribution in [2.24, 2.45) is 0 Å². The lowest BCUT2D eigenvalue weighted by atomic mass is 10.2. The molecular weight excluding hydrogens is 278 g/mol. The largest absolute Gasteiger partial charge is 0.480 e. The molecule has 0 radical (unpaired) electrons. The van der Waals surface area contributed by atoms with Gasteiger partial charge in [0.1, 0.15) is 12.1 Å². The van der Waals surface area contributed by atoms with E-state index in [2.05, 4.69) is 10.6 Å². The summed E-state index contributed by atoms with van der Waals surface area (Å²) < 4.78 is 4.80. The zero-order valence-electron chi connectivity index (χ0n) is 12.4. The van der Waals surface area contributed by atoms with Crippen molar-refractivity contribution >= 4 is 17.9 Å². The highest BCUT2D eigenvalue weighted by Crippen LogP contribution is 2.08. The number of nitrogens with zero attached hydrogens (tertiary/aromatic N) is 1. The fraction of sp³-hybridized carbons (Fsp3) is 0.769. The van der Waals surface area contributed by atoms with Gasteiger partial charge in [-0.15, -0.1) is 0 Å². The lowest BCUT2D eigenvalue weighted by Gasteiger charge is -2.22. The molecular formula is C13H23N3O5. The molecule has 1 heterocycles. The molecule has 0 aliphatic carbocycles. The van der Waals surface area contributed by atoms with Crippen LogP contribution in [0.1, 0.15) is 26.2 Å². The number of urea groups is 1. The van der Waals surface area contributed by atoms with E-state index in [0.717, 1.165) is 12.8 Å². The quantitative estimate of drug-likeness (QED) is 0.603. The molecule has 3 N–H and O–H groups in total. The van der Waals surface area contributed by atoms with Crippen molar-refractivity contribution in [3.63, 3.8) is 0 Å². The molecule has 0 aromatic carbocycles. The number of likely N-dealkylation sites (tertiary alicyclic amines) is 1. The van der Waals surface area contributed by atoms with Crippen LogP contribution in [0.25, 0.3) is 0 Å². The van der Waals surface area contributed by atoms with Crippen molar-refractivity contribution in [3.05, 3.63) is 0 Å². The molecule has 2 atom stereocenters. The van der Waals surface area contributed by atoms with E-state index in [1.54, 1.807) is 11.8 Å². The van der Waals surface area contributed by atoms with Crippen LogP contribution in [0.2, 0.25) is 0 Å². The van der Waals surface area contributed by atoms with Crippen molar-refractivity contribution in [2.45, 2.75) is 38.3 Å². The summed E-state index contributed by atoms with van der Waals surface area (Å²) in [6.45, 7) is 3.22. The molecule has 0 spiro atoms. The number of ether oxygens (including phenoxy) is 1. The number of carbonyl (C=O) groups is 3. The summed E-state index contributed by atoms with van der Waals surface area (Å²) in [5.41, 5.74) is 0. The Hall–Kier alpha value is -1.83. The second-order valence-corrected chi connectivity index (χ2v) is 5.04. The molecule has 8 heteroatoms. The van der Waals surface area contributed by atoms with Crippen LogP contribution < -0.4 is 10.6 Å². The van der Waals surface area contributed by atoms with Gasteiger partial charge in [-0.25, -0.2) is 9.59 Å². The van der Waals surface area contributed by atoms with E-state index in [4.69, 9.17) is 9.84 Å². The van der Waals surface area contributed by atoms with Gasteiger partial charge in [0.25, 0.3) is 0 Å². The zero-order valence-corrected chi connectivity index (χ0v) is 12.4. The highest BCUT2D eigenvalue weighted by Gasteiger charge is 2.26. The number of methoxy groups -OCH3 is 1. The Balaban J connectivity index is 2.43. The molecule has 0 bridgehead atoms. The lowest BCUT2D eigenvalue weighted by Crippen LogP contribution is -2.52. The number of hydrogen-bond acceptors (Lipinski definition) is 4. The molecule has 1 rings (SSSR count). The molecule has 1 aliphatic rings. The summed E-state index contributed by atoms with van der Waals surface area (Å²) in [6, 6.07) is -2.39. The number of carboxylic acids is 1. The SMILES string of the molecule is COCCC(NC(=O)NC(C)C(=O)N1CCCC1)C(=O)O. The first-order chi connectivity index (χ1) is 9.95. The van der Waals surface area contributed by atoms with Gasteiger partial charge in [-0.3, -0.25) is 4.79 Å². The number of amides is 3. The fourth-order valence-corrected chi connectivity index (χ4v) is 2.16. The molecule has 8 nitrogen and oxygen atoms in total. The Bertz CT molecular complexity index is 382. The van der Waals surface area contributed by atoms with Crippen LogP contribution in [-0.2, 0) is 14.3 Å². The minimum absolute atomic E-state index is 0.147. The van der Waals surface area contributed by atoms with Crippen LogP contribution >= 0.6 is 0 Å². The topological polar surface area (TPSA) is 108 Å². The van der Waals surface area contributed by atoms with Gasteiger partial charge < -0.3 is 25.4 Å². The number of nitrogens with one attached hydrogen (secondary N) is 2. The minimum atomic E-state index is -1.14. The number of hydrogen-bond donors (Lipinski definition) is 3. The molecule has 0 aromatic heterocycles. The van der Waals surface area contributed by atoms with Crippen molar-refractivity contribution in [1.29, 1.82) is 0 Å². The smallest absolute Gasteiger partial charge is 0.326 e. The van der Waals surface area contributed by atoms with Crippen LogP contribution in [0.4, 0.5) is 4.79 Å². The van der Waals surface area contributed by atoms with Crippen molar-refractivity contribution in [1.82, 2.24) is 15.5 Å². The Kier molecular flexibility index (Phi) is 6.93. The summed E-state index contributed by atoms with van der Waals surface area (Å²) >= 11 is 0. The molecule has 1 fully saturated rings. The maximum absolute atomic E-state index is 12.0. The van der Waals surface area contributed by atoms with E-state index < -0.39 is 24.1 Å². The number of aliphatic carboxylic acids is 1. The third-order valence-electron chi connectivity index (χ3n) is 3.35. The van der Waals surface area contributed by atoms with Crippen LogP contribution in [0, 0.1) is 0 Å². The Morgan fingerprint density at radius 3 is 2.38 bits per heavy atom. The van der Waals surface area contributed by atoms with Crippen LogP contribution in [0.15, 0.2) is 0 Å². The summed E-state index contributed by atoms with van der Waals surface area (Å²) in [4.78, 5) is 36.5. The number of carboxylic acid groups (broad SMARTS) is 1. The van der Waals surface area contributed by atoms with Crippen molar-refractivity contribution in [3.8, 4) is 0 Å². The monoisotopic (exact) mass is 301 g/mol. The Labute approximate surface area is 123 Å². The maximum atomic E-state index is 12.0. The summed E-state index contributed by atoms with van der Waals surface area (Å²) in [7, 11) is 1.45. The van der Waals surface area contributed by atoms with Gasteiger partial charge in [-0.05, 0) is 19.8 Å². The van der Waals surface area contributed by atoms with Gasteiger partial charge in [0.2, 0.25) is 5.91 Å². The average molecular weight is 301 g/mol. The van der Waals surface area contributed by atoms with Crippen LogP contribution in [-0.4, -0.2) is 66.8 Å². The van der Waals surface area contributed by atoms with Crippen LogP contribution in [0.5, 0.6) is 0 Å². The van der Waals surface area contributed by atoms with Crippen molar-refractivity contribution in [2.75, 3.05) is 26.8 Å². The predicted octanol–water partition coefficient (Wildman–Crippen LogP) is -0.214. The Morgan fingerprint density at radius 2 is 1.86 bits per heavy atom. The second kappa shape index (κ2) is 8.46. The van der Waals surface area contributed by atoms with Gasteiger partial charge in [0.05, 0.1) is 0 Å². The van der Waals surface area contributed by atoms with Gasteiger partial charge in [-0.1, -0.05) is 0 Å². The van der Waals surface area contributed by atoms with E-state index in [9.17, 15) is 14.4 Å². The molecule has 120 valence electrons. The van der Waals surface area contributed by atoms with Gasteiger partial charge in [0, 0.05) is 33.2 Å². The molecule has 3 amide bonds. The fourth-order valence-electron chi connectivity index (χ4n) is 2.16. The highest BCUT2D eigenvalue weighted by atomic mass is 16.5. The first-order valence-electron chi connectivity index (χ1n) is 7.03. The standard InChI is InChI=1S/C13H23N3O5/c1-9(11(17)16-6-3-4-7-16)14-13(20)15-10(12(18)19)5-8-21-2/h9-10H,3-8H2,1-2H3,(H,18,19)(H2,14,15,20). The molecule has 1 saturated heterocycles. The van der Waals surface area contributed by atoms with Crippen LogP contribution in [0.3, 0.4) is 0 Å². The first-order valence-corrected chi connectivity index (χ1v) is 7.03. The van der Waals surface area contributed by atoms with E-state index in [1.165, 1.54) is 7.11 Å². The van der Waals surface area contributed by atoms with Gasteiger partial charge in [0.15, 0.2) is 0 Å². The van der Waals surface area contributed by atoms with Gasteiger partial charge in [-0.2, -0.15) is 0 Å². The number of rotatable bonds is 7. The lowest BCUT2D eigenvalue weighted by molar-refractivity contribution is -0.139. The second-order valence-electron chi connectivity index (χ2n) is 5.04. The average Bonchev–Trinajstić information content (AvgIpc) is 2.96. The molecule has 21 heavy (non-hydrogen) atoms. The van der Waals surface area contributed by atoms with E-state index in [1.807, 2.05) is 0 Å². The summed E-state index contributed by atoms with van der Waals surface area (Å²) in [5, 5.41) is 13.8. The number of carbonyl (C=O) groups excluding carboxylic acids is 2. The van der Waals surface area contributed by atoms with E-state index in [-0.39, 0.29) is 18.9 Å². The summed E-state index contributed by atoms with van der Waals surface area (Å²) in [6.07, 6.45) is 2.11. The zero-order chi connectivity index (χ0) is 15.8. The first kappa shape index (κ1) is 17.2. The third kappa shape index (κ3) is 5.58. The normalized spacial score (nSPS) is 17.1. The molecule has 0 aromatic rings. The highest BCUT2D eigenvalue weighted by molar-refractivity contribution is 5.88. The predicted molar refractivity (Wildman–Crippen MR) is 74.9 cm³/mol. The van der Waals surface area contributed by atoms with Crippen molar-refractivity contribution < 1.29 is 24.2 Å². The molecule has 1 aliphatic heterocycles. The minimum Gasteiger partial charge on any atom is -0.480 e. The van der Waals surface area contributed by atoms with E-state index >= 15 is 0 Å². The Morgan fingerprint density at radius 1 is 1.24 bits per heavy atom. The van der Waals surface area contributed by atoms with E-state index in [0.29, 0.717) is 13.1 Å². The molecule has 2 unspecified atom stereocenters. The van der Waals surface area contributed by atoms with Gasteiger partial charge >= 0.3 is 12.0 Å². The maximum Gasteiger partial charge on any atom is 0.326 e.